The molecule has 0 spiro atoms. The van der Waals surface area contributed by atoms with Gasteiger partial charge in [0.25, 0.3) is 0 Å². The molecule has 0 amide bonds. The first kappa shape index (κ1) is 14.7. The Bertz CT molecular complexity index is 704. The zero-order chi connectivity index (χ0) is 15.5. The largest absolute Gasteiger partial charge is 0.485 e. The number of benzene rings is 1. The van der Waals surface area contributed by atoms with Crippen LogP contribution in [0.25, 0.3) is 0 Å². The van der Waals surface area contributed by atoms with E-state index in [1.54, 1.807) is 18.5 Å². The summed E-state index contributed by atoms with van der Waals surface area (Å²) in [6.07, 6.45) is 4.39. The van der Waals surface area contributed by atoms with Crippen LogP contribution in [-0.4, -0.2) is 24.0 Å². The number of Topliss-reactive ketones (excluding diaryl/α,β-unsaturated/α-hetero) is 1. The molecule has 1 aromatic carbocycles. The standard InChI is InChI=1S/C16H15ClN2O3/c17-12-9-11(15-16(14(12)18)22-8-7-21-15)13(20)2-1-10-3-5-19-6-4-10/h3-6,9H,1-2,7-8,18H2. The van der Waals surface area contributed by atoms with Crippen LogP contribution in [0.5, 0.6) is 11.5 Å². The van der Waals surface area contributed by atoms with Gasteiger partial charge in [0.2, 0.25) is 0 Å². The number of ether oxygens (including phenoxy) is 2. The summed E-state index contributed by atoms with van der Waals surface area (Å²) in [6.45, 7) is 0.779. The number of hydrogen-bond acceptors (Lipinski definition) is 5. The maximum absolute atomic E-state index is 12.5. The summed E-state index contributed by atoms with van der Waals surface area (Å²) in [5, 5.41) is 0.302. The highest BCUT2D eigenvalue weighted by molar-refractivity contribution is 6.34. The summed E-state index contributed by atoms with van der Waals surface area (Å²) >= 11 is 6.09. The van der Waals surface area contributed by atoms with Gasteiger partial charge in [-0.1, -0.05) is 11.6 Å². The van der Waals surface area contributed by atoms with Crippen molar-refractivity contribution in [2.75, 3.05) is 18.9 Å². The van der Waals surface area contributed by atoms with Gasteiger partial charge in [0.05, 0.1) is 16.3 Å². The van der Waals surface area contributed by atoms with Crippen LogP contribution in [0.15, 0.2) is 30.6 Å². The number of nitrogens with zero attached hydrogens (tertiary/aromatic N) is 1. The number of rotatable bonds is 4. The number of nitrogen functional groups attached to an aromatic ring is 1. The van der Waals surface area contributed by atoms with Gasteiger partial charge in [-0.05, 0) is 30.2 Å². The van der Waals surface area contributed by atoms with Crippen LogP contribution in [0.2, 0.25) is 5.02 Å². The Morgan fingerprint density at radius 3 is 2.64 bits per heavy atom. The number of aryl methyl sites for hydroxylation is 1. The van der Waals surface area contributed by atoms with Crippen molar-refractivity contribution in [1.82, 2.24) is 4.98 Å². The number of anilines is 1. The first-order valence-electron chi connectivity index (χ1n) is 6.96. The predicted octanol–water partition coefficient (Wildman–Crippen LogP) is 2.90. The monoisotopic (exact) mass is 318 g/mol. The fraction of sp³-hybridized carbons (Fsp3) is 0.250. The van der Waals surface area contributed by atoms with Gasteiger partial charge < -0.3 is 15.2 Å². The molecule has 0 aliphatic carbocycles. The summed E-state index contributed by atoms with van der Waals surface area (Å²) in [7, 11) is 0. The van der Waals surface area contributed by atoms with Gasteiger partial charge in [0.1, 0.15) is 13.2 Å². The maximum atomic E-state index is 12.5. The van der Waals surface area contributed by atoms with Crippen LogP contribution in [0.3, 0.4) is 0 Å². The third-order valence-electron chi connectivity index (χ3n) is 3.49. The van der Waals surface area contributed by atoms with E-state index in [4.69, 9.17) is 26.8 Å². The molecule has 0 saturated carbocycles. The van der Waals surface area contributed by atoms with E-state index in [0.29, 0.717) is 53.8 Å². The third-order valence-corrected chi connectivity index (χ3v) is 3.80. The van der Waals surface area contributed by atoms with Gasteiger partial charge >= 0.3 is 0 Å². The number of fused-ring (bicyclic) bond motifs is 1. The Balaban J connectivity index is 1.85. The minimum Gasteiger partial charge on any atom is -0.485 e. The molecule has 2 heterocycles. The summed E-state index contributed by atoms with van der Waals surface area (Å²) in [5.41, 5.74) is 7.66. The third kappa shape index (κ3) is 2.85. The van der Waals surface area contributed by atoms with E-state index >= 15 is 0 Å². The van der Waals surface area contributed by atoms with E-state index in [-0.39, 0.29) is 5.78 Å². The molecular weight excluding hydrogens is 304 g/mol. The molecule has 3 rings (SSSR count). The van der Waals surface area contributed by atoms with Crippen molar-refractivity contribution in [3.05, 3.63) is 46.7 Å². The number of aromatic nitrogens is 1. The van der Waals surface area contributed by atoms with E-state index in [0.717, 1.165) is 5.56 Å². The van der Waals surface area contributed by atoms with Crippen LogP contribution < -0.4 is 15.2 Å². The van der Waals surface area contributed by atoms with Gasteiger partial charge in [-0.15, -0.1) is 0 Å². The summed E-state index contributed by atoms with van der Waals surface area (Å²) in [4.78, 5) is 16.5. The molecule has 22 heavy (non-hydrogen) atoms. The zero-order valence-corrected chi connectivity index (χ0v) is 12.6. The van der Waals surface area contributed by atoms with Crippen molar-refractivity contribution in [3.63, 3.8) is 0 Å². The highest BCUT2D eigenvalue weighted by Gasteiger charge is 2.25. The smallest absolute Gasteiger partial charge is 0.186 e. The highest BCUT2D eigenvalue weighted by Crippen LogP contribution is 2.43. The van der Waals surface area contributed by atoms with Crippen LogP contribution in [-0.2, 0) is 6.42 Å². The first-order valence-corrected chi connectivity index (χ1v) is 7.34. The molecule has 0 fully saturated rings. The van der Waals surface area contributed by atoms with Crippen molar-refractivity contribution < 1.29 is 14.3 Å². The lowest BCUT2D eigenvalue weighted by Crippen LogP contribution is -2.19. The van der Waals surface area contributed by atoms with E-state index in [1.807, 2.05) is 12.1 Å². The Morgan fingerprint density at radius 2 is 1.91 bits per heavy atom. The number of pyridine rings is 1. The SMILES string of the molecule is Nc1c(Cl)cc(C(=O)CCc2ccncc2)c2c1OCCO2. The normalized spacial score (nSPS) is 13.0. The number of nitrogens with two attached hydrogens (primary N) is 1. The molecule has 2 N–H and O–H groups in total. The fourth-order valence-electron chi connectivity index (χ4n) is 2.35. The Morgan fingerprint density at radius 1 is 1.23 bits per heavy atom. The van der Waals surface area contributed by atoms with Gasteiger partial charge in [-0.3, -0.25) is 9.78 Å². The summed E-state index contributed by atoms with van der Waals surface area (Å²) in [6, 6.07) is 5.33. The molecule has 1 aliphatic heterocycles. The Kier molecular flexibility index (Phi) is 4.15. The van der Waals surface area contributed by atoms with E-state index in [9.17, 15) is 4.79 Å². The van der Waals surface area contributed by atoms with Gasteiger partial charge in [-0.2, -0.15) is 0 Å². The number of carbonyl (C=O) groups is 1. The summed E-state index contributed by atoms with van der Waals surface area (Å²) < 4.78 is 11.1. The van der Waals surface area contributed by atoms with E-state index < -0.39 is 0 Å². The first-order chi connectivity index (χ1) is 10.7. The summed E-state index contributed by atoms with van der Waals surface area (Å²) in [5.74, 6) is 0.708. The van der Waals surface area contributed by atoms with Crippen molar-refractivity contribution in [1.29, 1.82) is 0 Å². The molecular formula is C16H15ClN2O3. The zero-order valence-electron chi connectivity index (χ0n) is 11.8. The minimum absolute atomic E-state index is 0.0551. The second kappa shape index (κ2) is 6.23. The molecule has 6 heteroatoms. The van der Waals surface area contributed by atoms with Crippen LogP contribution in [0.1, 0.15) is 22.3 Å². The second-order valence-corrected chi connectivity index (χ2v) is 5.36. The number of ketones is 1. The molecule has 0 atom stereocenters. The molecule has 1 aliphatic rings. The fourth-order valence-corrected chi connectivity index (χ4v) is 2.54. The molecule has 0 bridgehead atoms. The van der Waals surface area contributed by atoms with Crippen molar-refractivity contribution in [2.45, 2.75) is 12.8 Å². The van der Waals surface area contributed by atoms with Crippen molar-refractivity contribution in [2.24, 2.45) is 0 Å². The van der Waals surface area contributed by atoms with Crippen LogP contribution in [0, 0.1) is 0 Å². The average Bonchev–Trinajstić information content (AvgIpc) is 2.57. The highest BCUT2D eigenvalue weighted by atomic mass is 35.5. The van der Waals surface area contributed by atoms with E-state index in [1.165, 1.54) is 0 Å². The molecule has 0 radical (unpaired) electrons. The number of hydrogen-bond donors (Lipinski definition) is 1. The number of carbonyl (C=O) groups excluding carboxylic acids is 1. The van der Waals surface area contributed by atoms with Gasteiger partial charge in [0, 0.05) is 18.8 Å². The lowest BCUT2D eigenvalue weighted by atomic mass is 10.0. The predicted molar refractivity (Wildman–Crippen MR) is 83.7 cm³/mol. The molecule has 0 saturated heterocycles. The van der Waals surface area contributed by atoms with Crippen LogP contribution in [0.4, 0.5) is 5.69 Å². The number of halogens is 1. The Hall–Kier alpha value is -2.27. The second-order valence-electron chi connectivity index (χ2n) is 4.95. The molecule has 5 nitrogen and oxygen atoms in total. The van der Waals surface area contributed by atoms with E-state index in [2.05, 4.69) is 4.98 Å². The van der Waals surface area contributed by atoms with Gasteiger partial charge in [-0.25, -0.2) is 0 Å². The molecule has 1 aromatic heterocycles. The van der Waals surface area contributed by atoms with Gasteiger partial charge in [0.15, 0.2) is 17.3 Å². The molecule has 0 unspecified atom stereocenters. The van der Waals surface area contributed by atoms with Crippen LogP contribution >= 0.6 is 11.6 Å². The van der Waals surface area contributed by atoms with Crippen molar-refractivity contribution in [3.8, 4) is 11.5 Å². The maximum Gasteiger partial charge on any atom is 0.186 e. The minimum atomic E-state index is -0.0551. The Labute approximate surface area is 133 Å². The topological polar surface area (TPSA) is 74.4 Å². The lowest BCUT2D eigenvalue weighted by molar-refractivity contribution is 0.0972. The molecule has 114 valence electrons. The molecule has 2 aromatic rings. The lowest BCUT2D eigenvalue weighted by Gasteiger charge is -2.22. The quantitative estimate of drug-likeness (QED) is 0.693. The van der Waals surface area contributed by atoms with Crippen molar-refractivity contribution >= 4 is 23.1 Å². The average molecular weight is 319 g/mol.